The van der Waals surface area contributed by atoms with Crippen LogP contribution in [-0.4, -0.2) is 38.1 Å². The van der Waals surface area contributed by atoms with Crippen LogP contribution in [0.1, 0.15) is 12.8 Å². The number of anilines is 1. The van der Waals surface area contributed by atoms with Crippen molar-refractivity contribution in [2.45, 2.75) is 18.9 Å². The molecular formula is C14H18N2O3. The van der Waals surface area contributed by atoms with E-state index in [2.05, 4.69) is 5.32 Å². The summed E-state index contributed by atoms with van der Waals surface area (Å²) in [5.74, 6) is -1.16. The molecule has 1 heterocycles. The van der Waals surface area contributed by atoms with Gasteiger partial charge < -0.3 is 15.0 Å². The molecule has 1 aromatic rings. The molecule has 1 saturated heterocycles. The quantitative estimate of drug-likeness (QED) is 0.825. The van der Waals surface area contributed by atoms with E-state index in [0.29, 0.717) is 12.2 Å². The van der Waals surface area contributed by atoms with Gasteiger partial charge in [0, 0.05) is 25.9 Å². The minimum Gasteiger partial charge on any atom is -0.376 e. The molecule has 0 spiro atoms. The van der Waals surface area contributed by atoms with E-state index in [1.807, 2.05) is 18.2 Å². The summed E-state index contributed by atoms with van der Waals surface area (Å²) in [5, 5.41) is 2.62. The number of nitrogens with one attached hydrogen (secondary N) is 1. The smallest absolute Gasteiger partial charge is 0.316 e. The lowest BCUT2D eigenvalue weighted by Gasteiger charge is -2.17. The number of amides is 2. The maximum atomic E-state index is 11.9. The van der Waals surface area contributed by atoms with Gasteiger partial charge in [-0.1, -0.05) is 18.2 Å². The van der Waals surface area contributed by atoms with Gasteiger partial charge in [0.1, 0.15) is 0 Å². The Morgan fingerprint density at radius 3 is 2.74 bits per heavy atom. The van der Waals surface area contributed by atoms with Crippen molar-refractivity contribution in [3.8, 4) is 0 Å². The van der Waals surface area contributed by atoms with E-state index in [0.717, 1.165) is 19.4 Å². The zero-order valence-electron chi connectivity index (χ0n) is 11.0. The van der Waals surface area contributed by atoms with Crippen molar-refractivity contribution in [1.82, 2.24) is 5.32 Å². The molecule has 1 aliphatic rings. The van der Waals surface area contributed by atoms with Gasteiger partial charge in [0.15, 0.2) is 0 Å². The lowest BCUT2D eigenvalue weighted by atomic mass is 10.2. The molecule has 102 valence electrons. The summed E-state index contributed by atoms with van der Waals surface area (Å²) in [5.41, 5.74) is 0.694. The van der Waals surface area contributed by atoms with Gasteiger partial charge in [0.25, 0.3) is 0 Å². The van der Waals surface area contributed by atoms with E-state index >= 15 is 0 Å². The van der Waals surface area contributed by atoms with Gasteiger partial charge >= 0.3 is 11.8 Å². The van der Waals surface area contributed by atoms with E-state index in [9.17, 15) is 9.59 Å². The first-order valence-corrected chi connectivity index (χ1v) is 6.41. The molecule has 0 radical (unpaired) electrons. The van der Waals surface area contributed by atoms with Crippen molar-refractivity contribution >= 4 is 17.5 Å². The lowest BCUT2D eigenvalue weighted by molar-refractivity contribution is -0.137. The van der Waals surface area contributed by atoms with Crippen LogP contribution in [0.3, 0.4) is 0 Å². The van der Waals surface area contributed by atoms with E-state index in [4.69, 9.17) is 4.74 Å². The number of ether oxygens (including phenoxy) is 1. The Balaban J connectivity index is 1.86. The minimum atomic E-state index is -0.596. The van der Waals surface area contributed by atoms with Crippen LogP contribution in [0.5, 0.6) is 0 Å². The number of carbonyl (C=O) groups is 2. The number of benzene rings is 1. The number of para-hydroxylation sites is 1. The van der Waals surface area contributed by atoms with E-state index in [1.54, 1.807) is 19.2 Å². The Kier molecular flexibility index (Phi) is 4.52. The first-order chi connectivity index (χ1) is 9.18. The molecule has 5 heteroatoms. The molecular weight excluding hydrogens is 244 g/mol. The highest BCUT2D eigenvalue weighted by molar-refractivity contribution is 6.40. The molecule has 19 heavy (non-hydrogen) atoms. The number of nitrogens with zero attached hydrogens (tertiary/aromatic N) is 1. The maximum Gasteiger partial charge on any atom is 0.316 e. The largest absolute Gasteiger partial charge is 0.376 e. The average Bonchev–Trinajstić information content (AvgIpc) is 2.97. The molecule has 0 aromatic heterocycles. The van der Waals surface area contributed by atoms with Gasteiger partial charge in [-0.15, -0.1) is 0 Å². The zero-order valence-corrected chi connectivity index (χ0v) is 11.0. The number of likely N-dealkylation sites (N-methyl/N-ethyl adjacent to an activating group) is 1. The number of carbonyl (C=O) groups excluding carboxylic acids is 2. The van der Waals surface area contributed by atoms with Gasteiger partial charge in [-0.3, -0.25) is 9.59 Å². The molecule has 1 aromatic carbocycles. The summed E-state index contributed by atoms with van der Waals surface area (Å²) in [4.78, 5) is 25.0. The fourth-order valence-electron chi connectivity index (χ4n) is 2.01. The molecule has 1 atom stereocenters. The maximum absolute atomic E-state index is 11.9. The topological polar surface area (TPSA) is 58.6 Å². The van der Waals surface area contributed by atoms with Crippen LogP contribution in [0.4, 0.5) is 5.69 Å². The minimum absolute atomic E-state index is 0.0405. The summed E-state index contributed by atoms with van der Waals surface area (Å²) in [6.07, 6.45) is 1.99. The highest BCUT2D eigenvalue weighted by atomic mass is 16.5. The molecule has 2 amide bonds. The first-order valence-electron chi connectivity index (χ1n) is 6.41. The van der Waals surface area contributed by atoms with Crippen LogP contribution in [0.15, 0.2) is 30.3 Å². The van der Waals surface area contributed by atoms with Gasteiger partial charge in [-0.25, -0.2) is 0 Å². The Morgan fingerprint density at radius 2 is 2.11 bits per heavy atom. The second-order valence-corrected chi connectivity index (χ2v) is 4.54. The highest BCUT2D eigenvalue weighted by Gasteiger charge is 2.22. The van der Waals surface area contributed by atoms with Crippen LogP contribution in [0.25, 0.3) is 0 Å². The molecule has 1 unspecified atom stereocenters. The number of hydrogen-bond acceptors (Lipinski definition) is 3. The summed E-state index contributed by atoms with van der Waals surface area (Å²) in [7, 11) is 1.59. The van der Waals surface area contributed by atoms with Crippen LogP contribution in [0, 0.1) is 0 Å². The van der Waals surface area contributed by atoms with Crippen molar-refractivity contribution < 1.29 is 14.3 Å². The van der Waals surface area contributed by atoms with Crippen molar-refractivity contribution in [2.24, 2.45) is 0 Å². The van der Waals surface area contributed by atoms with Crippen molar-refractivity contribution in [3.63, 3.8) is 0 Å². The van der Waals surface area contributed by atoms with E-state index in [-0.39, 0.29) is 6.10 Å². The third kappa shape index (κ3) is 3.54. The fourth-order valence-corrected chi connectivity index (χ4v) is 2.01. The van der Waals surface area contributed by atoms with Gasteiger partial charge in [0.2, 0.25) is 0 Å². The van der Waals surface area contributed by atoms with Crippen LogP contribution >= 0.6 is 0 Å². The van der Waals surface area contributed by atoms with Crippen LogP contribution in [-0.2, 0) is 14.3 Å². The van der Waals surface area contributed by atoms with Crippen molar-refractivity contribution in [3.05, 3.63) is 30.3 Å². The van der Waals surface area contributed by atoms with Gasteiger partial charge in [-0.2, -0.15) is 0 Å². The van der Waals surface area contributed by atoms with Gasteiger partial charge in [-0.05, 0) is 25.0 Å². The highest BCUT2D eigenvalue weighted by Crippen LogP contribution is 2.12. The second kappa shape index (κ2) is 6.33. The summed E-state index contributed by atoms with van der Waals surface area (Å²) < 4.78 is 5.39. The molecule has 1 N–H and O–H groups in total. The predicted molar refractivity (Wildman–Crippen MR) is 71.8 cm³/mol. The third-order valence-electron chi connectivity index (χ3n) is 3.16. The Labute approximate surface area is 112 Å². The Bertz CT molecular complexity index is 441. The van der Waals surface area contributed by atoms with Crippen molar-refractivity contribution in [2.75, 3.05) is 25.1 Å². The van der Waals surface area contributed by atoms with Crippen molar-refractivity contribution in [1.29, 1.82) is 0 Å². The molecule has 0 saturated carbocycles. The molecule has 5 nitrogen and oxygen atoms in total. The van der Waals surface area contributed by atoms with Gasteiger partial charge in [0.05, 0.1) is 6.10 Å². The fraction of sp³-hybridized carbons (Fsp3) is 0.429. The second-order valence-electron chi connectivity index (χ2n) is 4.54. The molecule has 0 aliphatic carbocycles. The lowest BCUT2D eigenvalue weighted by Crippen LogP contribution is -2.43. The first kappa shape index (κ1) is 13.5. The third-order valence-corrected chi connectivity index (χ3v) is 3.16. The summed E-state index contributed by atoms with van der Waals surface area (Å²) in [6.45, 7) is 1.13. The predicted octanol–water partition coefficient (Wildman–Crippen LogP) is 0.945. The van der Waals surface area contributed by atoms with Crippen LogP contribution < -0.4 is 10.2 Å². The Hall–Kier alpha value is -1.88. The summed E-state index contributed by atoms with van der Waals surface area (Å²) >= 11 is 0. The molecule has 1 aliphatic heterocycles. The monoisotopic (exact) mass is 262 g/mol. The average molecular weight is 262 g/mol. The molecule has 1 fully saturated rings. The zero-order chi connectivity index (χ0) is 13.7. The standard InChI is InChI=1S/C14H18N2O3/c1-16(11-6-3-2-4-7-11)14(18)13(17)15-10-12-8-5-9-19-12/h2-4,6-7,12H,5,8-10H2,1H3,(H,15,17). The van der Waals surface area contributed by atoms with E-state index in [1.165, 1.54) is 4.90 Å². The number of rotatable bonds is 3. The molecule has 0 bridgehead atoms. The van der Waals surface area contributed by atoms with Crippen LogP contribution in [0.2, 0.25) is 0 Å². The SMILES string of the molecule is CN(C(=O)C(=O)NCC1CCCO1)c1ccccc1. The normalized spacial score (nSPS) is 18.1. The van der Waals surface area contributed by atoms with E-state index < -0.39 is 11.8 Å². The summed E-state index contributed by atoms with van der Waals surface area (Å²) in [6, 6.07) is 9.07. The number of hydrogen-bond donors (Lipinski definition) is 1. The molecule has 2 rings (SSSR count). The Morgan fingerprint density at radius 1 is 1.37 bits per heavy atom.